The Bertz CT molecular complexity index is 928. The third-order valence-electron chi connectivity index (χ3n) is 3.89. The summed E-state index contributed by atoms with van der Waals surface area (Å²) in [5, 5.41) is 0.712. The lowest BCUT2D eigenvalue weighted by Gasteiger charge is -2.30. The molecular formula is C18H19ClN2O3S. The molecule has 2 aromatic rings. The van der Waals surface area contributed by atoms with Gasteiger partial charge in [-0.2, -0.15) is 0 Å². The van der Waals surface area contributed by atoms with Crippen molar-refractivity contribution in [1.82, 2.24) is 4.72 Å². The Labute approximate surface area is 153 Å². The zero-order valence-electron chi connectivity index (χ0n) is 14.2. The minimum Gasteiger partial charge on any atom is -0.466 e. The lowest BCUT2D eigenvalue weighted by Crippen LogP contribution is -2.32. The number of benzene rings is 2. The topological polar surface area (TPSA) is 67.8 Å². The van der Waals surface area contributed by atoms with Gasteiger partial charge in [0.25, 0.3) is 0 Å². The van der Waals surface area contributed by atoms with E-state index >= 15 is 0 Å². The first-order chi connectivity index (χ1) is 11.7. The van der Waals surface area contributed by atoms with E-state index in [1.807, 2.05) is 57.2 Å². The van der Waals surface area contributed by atoms with Gasteiger partial charge in [0.1, 0.15) is 5.75 Å². The van der Waals surface area contributed by atoms with E-state index in [9.17, 15) is 8.42 Å². The van der Waals surface area contributed by atoms with Gasteiger partial charge in [-0.05, 0) is 56.2 Å². The van der Waals surface area contributed by atoms with Crippen LogP contribution in [-0.4, -0.2) is 19.9 Å². The molecule has 0 spiro atoms. The molecule has 3 rings (SSSR count). The molecule has 0 aliphatic carbocycles. The van der Waals surface area contributed by atoms with Crippen LogP contribution in [0.5, 0.6) is 5.75 Å². The number of aryl methyl sites for hydroxylation is 1. The normalized spacial score (nSPS) is 15.5. The van der Waals surface area contributed by atoms with Crippen LogP contribution in [0.2, 0.25) is 5.02 Å². The van der Waals surface area contributed by atoms with E-state index in [0.717, 1.165) is 28.0 Å². The van der Waals surface area contributed by atoms with Crippen molar-refractivity contribution in [3.8, 4) is 5.75 Å². The molecule has 0 saturated heterocycles. The third kappa shape index (κ3) is 4.03. The summed E-state index contributed by atoms with van der Waals surface area (Å²) in [4.78, 5) is 4.74. The van der Waals surface area contributed by atoms with Crippen molar-refractivity contribution in [1.29, 1.82) is 0 Å². The second-order valence-corrected chi connectivity index (χ2v) is 7.63. The molecule has 0 amide bonds. The van der Waals surface area contributed by atoms with E-state index < -0.39 is 16.6 Å². The van der Waals surface area contributed by atoms with Crippen LogP contribution in [0, 0.1) is 6.92 Å². The number of ether oxygens (including phenoxy) is 1. The summed E-state index contributed by atoms with van der Waals surface area (Å²) in [6.07, 6.45) is 0. The molecule has 1 aliphatic heterocycles. The van der Waals surface area contributed by atoms with E-state index in [0.29, 0.717) is 10.8 Å². The fourth-order valence-corrected chi connectivity index (χ4v) is 3.18. The van der Waals surface area contributed by atoms with Crippen molar-refractivity contribution in [3.63, 3.8) is 0 Å². The number of hydrogen-bond donors (Lipinski definition) is 2. The molecule has 1 N–H and O–H groups in total. The van der Waals surface area contributed by atoms with Gasteiger partial charge in [0.15, 0.2) is 5.72 Å². The van der Waals surface area contributed by atoms with Crippen LogP contribution in [0.4, 0.5) is 0 Å². The zero-order chi connectivity index (χ0) is 18.2. The maximum atomic E-state index is 10.7. The van der Waals surface area contributed by atoms with Crippen molar-refractivity contribution in [2.24, 2.45) is 4.99 Å². The first kappa shape index (κ1) is 17.9. The summed E-state index contributed by atoms with van der Waals surface area (Å²) in [6, 6.07) is 11.4. The van der Waals surface area contributed by atoms with Gasteiger partial charge >= 0.3 is 0 Å². The summed E-state index contributed by atoms with van der Waals surface area (Å²) in [5.41, 5.74) is 3.76. The number of nitrogens with zero attached hydrogens (tertiary/aromatic N) is 1. The SMILES string of the molecule is Cc1cc(C2=NC(C)(C)Oc3cc(CN[SH](=O)=O)ccc32)ccc1Cl. The Morgan fingerprint density at radius 2 is 1.96 bits per heavy atom. The molecule has 5 nitrogen and oxygen atoms in total. The van der Waals surface area contributed by atoms with E-state index in [-0.39, 0.29) is 6.54 Å². The molecule has 0 unspecified atom stereocenters. The van der Waals surface area contributed by atoms with Crippen LogP contribution >= 0.6 is 11.6 Å². The predicted molar refractivity (Wildman–Crippen MR) is 100 cm³/mol. The number of fused-ring (bicyclic) bond motifs is 1. The minimum atomic E-state index is -2.63. The highest BCUT2D eigenvalue weighted by atomic mass is 35.5. The molecule has 0 aromatic heterocycles. The smallest absolute Gasteiger partial charge is 0.201 e. The molecule has 25 heavy (non-hydrogen) atoms. The summed E-state index contributed by atoms with van der Waals surface area (Å²) in [6.45, 7) is 5.95. The van der Waals surface area contributed by atoms with Gasteiger partial charge < -0.3 is 4.74 Å². The molecule has 0 radical (unpaired) electrons. The Morgan fingerprint density at radius 1 is 1.20 bits per heavy atom. The minimum absolute atomic E-state index is 0.225. The molecular weight excluding hydrogens is 360 g/mol. The summed E-state index contributed by atoms with van der Waals surface area (Å²) >= 11 is 6.14. The van der Waals surface area contributed by atoms with Crippen molar-refractivity contribution in [2.45, 2.75) is 33.0 Å². The molecule has 0 atom stereocenters. The second-order valence-electron chi connectivity index (χ2n) is 6.40. The number of aliphatic imine (C=N–C) groups is 1. The van der Waals surface area contributed by atoms with Crippen LogP contribution in [0.15, 0.2) is 41.4 Å². The van der Waals surface area contributed by atoms with Crippen LogP contribution in [0.3, 0.4) is 0 Å². The van der Waals surface area contributed by atoms with Crippen LogP contribution < -0.4 is 9.46 Å². The Kier molecular flexibility index (Phi) is 4.86. The average Bonchev–Trinajstić information content (AvgIpc) is 2.53. The number of thiol groups is 1. The average molecular weight is 379 g/mol. The second kappa shape index (κ2) is 6.78. The summed E-state index contributed by atoms with van der Waals surface area (Å²) in [7, 11) is -2.63. The highest BCUT2D eigenvalue weighted by molar-refractivity contribution is 7.70. The first-order valence-corrected chi connectivity index (χ1v) is 9.37. The summed E-state index contributed by atoms with van der Waals surface area (Å²) < 4.78 is 29.8. The van der Waals surface area contributed by atoms with E-state index in [1.54, 1.807) is 0 Å². The standard InChI is InChI=1S/C18H19ClN2O3S/c1-11-8-13(5-7-15(11)19)17-14-6-4-12(10-20-25(22)23)9-16(14)24-18(2,3)21-17/h4-9,25H,10H2,1-3H3,(H,20,22,23). The molecule has 2 aromatic carbocycles. The number of halogens is 1. The Balaban J connectivity index is 2.05. The monoisotopic (exact) mass is 378 g/mol. The van der Waals surface area contributed by atoms with Gasteiger partial charge in [0.05, 0.1) is 5.71 Å². The Morgan fingerprint density at radius 3 is 2.64 bits per heavy atom. The van der Waals surface area contributed by atoms with E-state index in [1.165, 1.54) is 0 Å². The fraction of sp³-hybridized carbons (Fsp3) is 0.278. The van der Waals surface area contributed by atoms with Crippen molar-refractivity contribution < 1.29 is 13.2 Å². The largest absolute Gasteiger partial charge is 0.466 e. The maximum Gasteiger partial charge on any atom is 0.201 e. The molecule has 0 fully saturated rings. The van der Waals surface area contributed by atoms with Crippen LogP contribution in [0.1, 0.15) is 36.1 Å². The van der Waals surface area contributed by atoms with Crippen molar-refractivity contribution >= 4 is 28.2 Å². The molecule has 1 heterocycles. The van der Waals surface area contributed by atoms with Gasteiger partial charge in [-0.15, -0.1) is 0 Å². The van der Waals surface area contributed by atoms with Gasteiger partial charge in [-0.1, -0.05) is 23.7 Å². The summed E-state index contributed by atoms with van der Waals surface area (Å²) in [5.74, 6) is 0.683. The van der Waals surface area contributed by atoms with Crippen molar-refractivity contribution in [3.05, 3.63) is 63.7 Å². The highest BCUT2D eigenvalue weighted by Crippen LogP contribution is 2.34. The molecule has 1 aliphatic rings. The number of rotatable bonds is 4. The molecule has 7 heteroatoms. The van der Waals surface area contributed by atoms with Gasteiger partial charge in [-0.25, -0.2) is 18.1 Å². The maximum absolute atomic E-state index is 10.7. The third-order valence-corrected chi connectivity index (χ3v) is 4.73. The zero-order valence-corrected chi connectivity index (χ0v) is 15.8. The number of nitrogens with one attached hydrogen (secondary N) is 1. The number of hydrogen-bond acceptors (Lipinski definition) is 4. The first-order valence-electron chi connectivity index (χ1n) is 7.82. The van der Waals surface area contributed by atoms with Gasteiger partial charge in [0, 0.05) is 22.7 Å². The molecule has 132 valence electrons. The lowest BCUT2D eigenvalue weighted by atomic mass is 9.96. The highest BCUT2D eigenvalue weighted by Gasteiger charge is 2.29. The van der Waals surface area contributed by atoms with Gasteiger partial charge in [-0.3, -0.25) is 0 Å². The molecule has 0 saturated carbocycles. The molecule has 0 bridgehead atoms. The van der Waals surface area contributed by atoms with Gasteiger partial charge in [0.2, 0.25) is 10.9 Å². The Hall–Kier alpha value is -1.89. The van der Waals surface area contributed by atoms with Crippen molar-refractivity contribution in [2.75, 3.05) is 0 Å². The lowest BCUT2D eigenvalue weighted by molar-refractivity contribution is 0.115. The quantitative estimate of drug-likeness (QED) is 0.802. The van der Waals surface area contributed by atoms with E-state index in [4.69, 9.17) is 21.3 Å². The fourth-order valence-electron chi connectivity index (χ4n) is 2.75. The van der Waals surface area contributed by atoms with Crippen LogP contribution in [-0.2, 0) is 17.4 Å². The predicted octanol–water partition coefficient (Wildman–Crippen LogP) is 3.23. The van der Waals surface area contributed by atoms with Crippen LogP contribution in [0.25, 0.3) is 0 Å². The van der Waals surface area contributed by atoms with E-state index in [2.05, 4.69) is 4.72 Å².